The minimum absolute atomic E-state index is 0.0685. The molecule has 442 valence electrons. The summed E-state index contributed by atoms with van der Waals surface area (Å²) in [4.78, 5) is 4.86. The van der Waals surface area contributed by atoms with Gasteiger partial charge < -0.3 is 27.7 Å². The number of aromatic nitrogens is 4. The van der Waals surface area contributed by atoms with Gasteiger partial charge in [-0.1, -0.05) is 185 Å². The zero-order valence-corrected chi connectivity index (χ0v) is 52.1. The van der Waals surface area contributed by atoms with Crippen LogP contribution in [0.3, 0.4) is 0 Å². The second-order valence-corrected chi connectivity index (χ2v) is 26.5. The minimum Gasteiger partial charge on any atom is -0.310 e. The van der Waals surface area contributed by atoms with Gasteiger partial charge in [0.2, 0.25) is 0 Å². The fourth-order valence-corrected chi connectivity index (χ4v) is 16.2. The Morgan fingerprint density at radius 3 is 1.15 bits per heavy atom. The zero-order chi connectivity index (χ0) is 62.1. The summed E-state index contributed by atoms with van der Waals surface area (Å²) in [5.74, 6) is 0. The number of hydrogen-bond acceptors (Lipinski definition) is 2. The van der Waals surface area contributed by atoms with E-state index in [9.17, 15) is 0 Å². The van der Waals surface area contributed by atoms with Crippen molar-refractivity contribution in [3.05, 3.63) is 315 Å². The first-order valence-electron chi connectivity index (χ1n) is 32.7. The van der Waals surface area contributed by atoms with E-state index in [1.165, 1.54) is 125 Å². The summed E-state index contributed by atoms with van der Waals surface area (Å²) in [6.45, 7) is 7.04. The van der Waals surface area contributed by atoms with Crippen molar-refractivity contribution in [2.75, 3.05) is 9.80 Å². The van der Waals surface area contributed by atoms with Gasteiger partial charge >= 0.3 is 0 Å². The van der Waals surface area contributed by atoms with E-state index in [1.54, 1.807) is 0 Å². The molecule has 20 aromatic rings. The molecule has 6 nitrogen and oxygen atoms in total. The first kappa shape index (κ1) is 52.6. The van der Waals surface area contributed by atoms with Crippen molar-refractivity contribution in [1.82, 2.24) is 17.9 Å². The second kappa shape index (κ2) is 19.7. The van der Waals surface area contributed by atoms with Crippen molar-refractivity contribution in [2.45, 2.75) is 26.2 Å². The summed E-state index contributed by atoms with van der Waals surface area (Å²) in [7, 11) is 0. The van der Waals surface area contributed by atoms with Gasteiger partial charge in [0.25, 0.3) is 0 Å². The minimum atomic E-state index is -0.0685. The van der Waals surface area contributed by atoms with Crippen LogP contribution in [0.4, 0.5) is 34.1 Å². The lowest BCUT2D eigenvalue weighted by atomic mass is 9.85. The van der Waals surface area contributed by atoms with E-state index >= 15 is 0 Å². The molecular formula is C88H60N6. The van der Waals surface area contributed by atoms with E-state index in [0.29, 0.717) is 0 Å². The second-order valence-electron chi connectivity index (χ2n) is 26.5. The molecule has 0 saturated carbocycles. The Hall–Kier alpha value is -12.1. The van der Waals surface area contributed by atoms with Gasteiger partial charge in [-0.2, -0.15) is 0 Å². The first-order chi connectivity index (χ1) is 46.3. The third kappa shape index (κ3) is 7.47. The maximum atomic E-state index is 2.58. The number of hydrogen-bond donors (Lipinski definition) is 0. The van der Waals surface area contributed by atoms with Crippen molar-refractivity contribution < 1.29 is 0 Å². The Labute approximate surface area is 542 Å². The molecule has 6 heteroatoms. The smallest absolute Gasteiger partial charge is 0.0622 e. The third-order valence-corrected chi connectivity index (χ3v) is 20.2. The van der Waals surface area contributed by atoms with Gasteiger partial charge in [-0.3, -0.25) is 0 Å². The number of benzene rings is 14. The van der Waals surface area contributed by atoms with Gasteiger partial charge in [-0.25, -0.2) is 0 Å². The monoisotopic (exact) mass is 1200 g/mol. The lowest BCUT2D eigenvalue weighted by Gasteiger charge is -2.27. The van der Waals surface area contributed by atoms with Gasteiger partial charge in [0.05, 0.1) is 66.5 Å². The normalized spacial score (nSPS) is 12.4. The zero-order valence-electron chi connectivity index (χ0n) is 52.1. The molecule has 20 rings (SSSR count). The van der Waals surface area contributed by atoms with E-state index < -0.39 is 0 Å². The molecule has 0 bridgehead atoms. The van der Waals surface area contributed by atoms with Gasteiger partial charge in [-0.05, 0) is 168 Å². The van der Waals surface area contributed by atoms with Gasteiger partial charge in [0, 0.05) is 98.8 Å². The highest BCUT2D eigenvalue weighted by atomic mass is 15.2. The summed E-state index contributed by atoms with van der Waals surface area (Å²) in [5, 5.41) is 15.0. The van der Waals surface area contributed by atoms with E-state index in [1.807, 2.05) is 0 Å². The molecule has 0 radical (unpaired) electrons. The van der Waals surface area contributed by atoms with Gasteiger partial charge in [0.1, 0.15) is 0 Å². The molecule has 6 aromatic heterocycles. The number of fused-ring (bicyclic) bond motifs is 18. The van der Waals surface area contributed by atoms with E-state index in [4.69, 9.17) is 0 Å². The first-order valence-corrected chi connectivity index (χ1v) is 32.7. The van der Waals surface area contributed by atoms with Crippen LogP contribution in [0.1, 0.15) is 26.3 Å². The standard InChI is InChI=1S/C88H60N6/c1-88(2,3)57-49-72-70-51-68-64-37-16-18-41-74(64)91(61-33-14-7-15-34-61)80(68)53-82(70)94-83-54-81-69(52-71(83)73(50-57)87(72)94)65-38-17-19-42-75(65)92(81)63-36-21-26-56(48-63)55-25-20-35-62(47-55)90(60-31-12-6-13-32-60)77-44-24-46-79-85(77)67-40-22-39-66-84-76(43-23-45-78(84)93(79)86(66)67)89(58-27-8-4-9-28-58)59-29-10-5-11-30-59/h4-54H,1-3H3. The van der Waals surface area contributed by atoms with Crippen LogP contribution in [0.2, 0.25) is 0 Å². The molecule has 0 fully saturated rings. The Morgan fingerprint density at radius 2 is 0.617 bits per heavy atom. The highest BCUT2D eigenvalue weighted by molar-refractivity contribution is 6.30. The number of anilines is 6. The van der Waals surface area contributed by atoms with Crippen molar-refractivity contribution in [1.29, 1.82) is 0 Å². The third-order valence-electron chi connectivity index (χ3n) is 20.2. The van der Waals surface area contributed by atoms with Crippen LogP contribution < -0.4 is 9.80 Å². The Kier molecular flexibility index (Phi) is 11.0. The average Bonchev–Trinajstić information content (AvgIpc) is 1.52. The van der Waals surface area contributed by atoms with Crippen LogP contribution in [0.25, 0.3) is 142 Å². The molecule has 14 aromatic carbocycles. The molecule has 0 N–H and O–H groups in total. The van der Waals surface area contributed by atoms with Crippen LogP contribution >= 0.6 is 0 Å². The van der Waals surface area contributed by atoms with Crippen molar-refractivity contribution in [3.63, 3.8) is 0 Å². The quantitative estimate of drug-likeness (QED) is 0.144. The predicted molar refractivity (Wildman–Crippen MR) is 398 cm³/mol. The van der Waals surface area contributed by atoms with Crippen molar-refractivity contribution >= 4 is 154 Å². The van der Waals surface area contributed by atoms with E-state index in [0.717, 1.165) is 56.6 Å². The van der Waals surface area contributed by atoms with Crippen LogP contribution in [-0.4, -0.2) is 17.9 Å². The molecule has 0 spiro atoms. The SMILES string of the molecule is CC(C)(C)c1cc2c3cc4c5ccccc5n(-c5ccccc5)c4cc3n3c4cc5c(cc4c(c1)c23)c1ccccc1n5-c1cccc(-c2cccc(N(c3ccccc3)c3cccc4c3c3cccc5c6c(N(c7ccccc7)c7ccccc7)cccc6n4c53)c2)c1. The van der Waals surface area contributed by atoms with E-state index in [-0.39, 0.29) is 5.41 Å². The van der Waals surface area contributed by atoms with E-state index in [2.05, 4.69) is 358 Å². The van der Waals surface area contributed by atoms with Crippen LogP contribution in [0.15, 0.2) is 309 Å². The Bertz CT molecular complexity index is 6400. The van der Waals surface area contributed by atoms with Gasteiger partial charge in [-0.15, -0.1) is 0 Å². The fourth-order valence-electron chi connectivity index (χ4n) is 16.2. The molecule has 0 aliphatic carbocycles. The molecule has 0 amide bonds. The molecule has 0 atom stereocenters. The summed E-state index contributed by atoms with van der Waals surface area (Å²) < 4.78 is 10.0. The van der Waals surface area contributed by atoms with Crippen LogP contribution in [0, 0.1) is 0 Å². The highest BCUT2D eigenvalue weighted by Gasteiger charge is 2.29. The molecule has 6 heterocycles. The van der Waals surface area contributed by atoms with Crippen LogP contribution in [0.5, 0.6) is 0 Å². The molecule has 0 aliphatic heterocycles. The lowest BCUT2D eigenvalue weighted by molar-refractivity contribution is 0.592. The summed E-state index contributed by atoms with van der Waals surface area (Å²) in [6.07, 6.45) is 0. The fraction of sp³-hybridized carbons (Fsp3) is 0.0455. The number of nitrogens with zero attached hydrogens (tertiary/aromatic N) is 6. The Balaban J connectivity index is 0.761. The average molecular weight is 1200 g/mol. The van der Waals surface area contributed by atoms with Crippen molar-refractivity contribution in [3.8, 4) is 22.5 Å². The summed E-state index contributed by atoms with van der Waals surface area (Å²) >= 11 is 0. The largest absolute Gasteiger partial charge is 0.310 e. The van der Waals surface area contributed by atoms with Crippen molar-refractivity contribution in [2.24, 2.45) is 0 Å². The maximum Gasteiger partial charge on any atom is 0.0622 e. The van der Waals surface area contributed by atoms with Gasteiger partial charge in [0.15, 0.2) is 0 Å². The molecule has 0 unspecified atom stereocenters. The molecule has 0 aliphatic rings. The molecule has 94 heavy (non-hydrogen) atoms. The summed E-state index contributed by atoms with van der Waals surface area (Å²) in [6, 6.07) is 115. The number of para-hydroxylation sites is 7. The molecular weight excluding hydrogens is 1140 g/mol. The van der Waals surface area contributed by atoms with Crippen LogP contribution in [-0.2, 0) is 5.41 Å². The summed E-state index contributed by atoms with van der Waals surface area (Å²) in [5.41, 5.74) is 24.5. The highest BCUT2D eigenvalue weighted by Crippen LogP contribution is 2.51. The Morgan fingerprint density at radius 1 is 0.245 bits per heavy atom. The lowest BCUT2D eigenvalue weighted by Crippen LogP contribution is -2.10. The number of rotatable bonds is 9. The maximum absolute atomic E-state index is 2.58. The topological polar surface area (TPSA) is 25.2 Å². The molecule has 0 saturated heterocycles. The predicted octanol–water partition coefficient (Wildman–Crippen LogP) is 24.1.